The quantitative estimate of drug-likeness (QED) is 0.758. The van der Waals surface area contributed by atoms with Crippen LogP contribution in [0.25, 0.3) is 0 Å². The average molecular weight is 227 g/mol. The summed E-state index contributed by atoms with van der Waals surface area (Å²) in [6, 6.07) is 0. The molecule has 4 heteroatoms. The van der Waals surface area contributed by atoms with Gasteiger partial charge in [-0.05, 0) is 24.7 Å². The Labute approximate surface area is 96.6 Å². The highest BCUT2D eigenvalue weighted by molar-refractivity contribution is 5.77. The van der Waals surface area contributed by atoms with Crippen molar-refractivity contribution >= 4 is 5.91 Å². The van der Waals surface area contributed by atoms with Crippen LogP contribution in [0.15, 0.2) is 0 Å². The Morgan fingerprint density at radius 3 is 2.75 bits per heavy atom. The molecule has 0 saturated carbocycles. The molecule has 1 N–H and O–H groups in total. The first-order chi connectivity index (χ1) is 7.59. The minimum Gasteiger partial charge on any atom is -0.391 e. The van der Waals surface area contributed by atoms with Crippen LogP contribution in [0.2, 0.25) is 0 Å². The van der Waals surface area contributed by atoms with Crippen molar-refractivity contribution < 1.29 is 14.6 Å². The molecule has 1 atom stereocenters. The fourth-order valence-electron chi connectivity index (χ4n) is 2.49. The second-order valence-corrected chi connectivity index (χ2v) is 5.38. The third-order valence-corrected chi connectivity index (χ3v) is 3.79. The summed E-state index contributed by atoms with van der Waals surface area (Å²) in [5.41, 5.74) is 0.100. The van der Waals surface area contributed by atoms with Gasteiger partial charge >= 0.3 is 0 Å². The van der Waals surface area contributed by atoms with Crippen LogP contribution in [0, 0.1) is 5.41 Å². The van der Waals surface area contributed by atoms with Gasteiger partial charge < -0.3 is 14.7 Å². The number of hydrogen-bond acceptors (Lipinski definition) is 3. The molecule has 2 heterocycles. The SMILES string of the molecule is CC1(CC(=O)N2CCC(O)C2)CCOCC1. The Bertz CT molecular complexity index is 261. The van der Waals surface area contributed by atoms with Gasteiger partial charge in [0.25, 0.3) is 0 Å². The van der Waals surface area contributed by atoms with Gasteiger partial charge in [0.05, 0.1) is 6.10 Å². The van der Waals surface area contributed by atoms with E-state index in [-0.39, 0.29) is 17.4 Å². The third kappa shape index (κ3) is 2.74. The number of carbonyl (C=O) groups is 1. The van der Waals surface area contributed by atoms with Crippen molar-refractivity contribution in [1.82, 2.24) is 4.90 Å². The molecule has 1 amide bonds. The van der Waals surface area contributed by atoms with Gasteiger partial charge in [0, 0.05) is 32.7 Å². The number of aliphatic hydroxyl groups is 1. The summed E-state index contributed by atoms with van der Waals surface area (Å²) in [5.74, 6) is 0.195. The van der Waals surface area contributed by atoms with Crippen molar-refractivity contribution in [1.29, 1.82) is 0 Å². The molecule has 0 bridgehead atoms. The Balaban J connectivity index is 1.86. The molecule has 0 aromatic rings. The molecule has 0 spiro atoms. The van der Waals surface area contributed by atoms with Gasteiger partial charge in [-0.3, -0.25) is 4.79 Å². The molecule has 2 aliphatic rings. The molecule has 2 saturated heterocycles. The lowest BCUT2D eigenvalue weighted by Crippen LogP contribution is -2.36. The Morgan fingerprint density at radius 1 is 1.50 bits per heavy atom. The highest BCUT2D eigenvalue weighted by atomic mass is 16.5. The van der Waals surface area contributed by atoms with Crippen LogP contribution in [0.1, 0.15) is 32.6 Å². The summed E-state index contributed by atoms with van der Waals surface area (Å²) in [7, 11) is 0. The highest BCUT2D eigenvalue weighted by Crippen LogP contribution is 2.34. The maximum Gasteiger partial charge on any atom is 0.223 e. The van der Waals surface area contributed by atoms with Crippen molar-refractivity contribution in [2.45, 2.75) is 38.7 Å². The van der Waals surface area contributed by atoms with Crippen LogP contribution in [0.3, 0.4) is 0 Å². The molecule has 92 valence electrons. The van der Waals surface area contributed by atoms with E-state index in [1.54, 1.807) is 4.90 Å². The van der Waals surface area contributed by atoms with E-state index in [4.69, 9.17) is 4.74 Å². The normalized spacial score (nSPS) is 29.4. The number of carbonyl (C=O) groups excluding carboxylic acids is 1. The predicted molar refractivity (Wildman–Crippen MR) is 60.0 cm³/mol. The van der Waals surface area contributed by atoms with Gasteiger partial charge in [-0.15, -0.1) is 0 Å². The summed E-state index contributed by atoms with van der Waals surface area (Å²) in [4.78, 5) is 13.8. The lowest BCUT2D eigenvalue weighted by molar-refractivity contribution is -0.134. The predicted octanol–water partition coefficient (Wildman–Crippen LogP) is 0.786. The maximum atomic E-state index is 12.0. The number of likely N-dealkylation sites (tertiary alicyclic amines) is 1. The second-order valence-electron chi connectivity index (χ2n) is 5.38. The summed E-state index contributed by atoms with van der Waals surface area (Å²) in [5, 5.41) is 9.40. The van der Waals surface area contributed by atoms with Gasteiger partial charge in [-0.1, -0.05) is 6.92 Å². The molecular formula is C12H21NO3. The maximum absolute atomic E-state index is 12.0. The minimum atomic E-state index is -0.313. The molecule has 2 rings (SSSR count). The first-order valence-corrected chi connectivity index (χ1v) is 6.13. The zero-order valence-corrected chi connectivity index (χ0v) is 9.95. The van der Waals surface area contributed by atoms with Crippen molar-refractivity contribution in [3.63, 3.8) is 0 Å². The van der Waals surface area contributed by atoms with Crippen LogP contribution < -0.4 is 0 Å². The minimum absolute atomic E-state index is 0.100. The van der Waals surface area contributed by atoms with E-state index in [9.17, 15) is 9.90 Å². The van der Waals surface area contributed by atoms with Gasteiger partial charge in [-0.2, -0.15) is 0 Å². The van der Waals surface area contributed by atoms with Crippen LogP contribution in [0.4, 0.5) is 0 Å². The standard InChI is InChI=1S/C12H21NO3/c1-12(3-6-16-7-4-12)8-11(15)13-5-2-10(14)9-13/h10,14H,2-9H2,1H3. The van der Waals surface area contributed by atoms with Crippen molar-refractivity contribution in [3.8, 4) is 0 Å². The molecule has 0 aliphatic carbocycles. The summed E-state index contributed by atoms with van der Waals surface area (Å²) < 4.78 is 5.32. The summed E-state index contributed by atoms with van der Waals surface area (Å²) >= 11 is 0. The zero-order valence-electron chi connectivity index (χ0n) is 9.95. The molecule has 4 nitrogen and oxygen atoms in total. The number of rotatable bonds is 2. The van der Waals surface area contributed by atoms with E-state index >= 15 is 0 Å². The van der Waals surface area contributed by atoms with E-state index in [0.717, 1.165) is 32.5 Å². The van der Waals surface area contributed by atoms with E-state index in [1.807, 2.05) is 0 Å². The first-order valence-electron chi connectivity index (χ1n) is 6.13. The largest absolute Gasteiger partial charge is 0.391 e. The van der Waals surface area contributed by atoms with Crippen molar-refractivity contribution in [2.24, 2.45) is 5.41 Å². The van der Waals surface area contributed by atoms with Gasteiger partial charge in [0.2, 0.25) is 5.91 Å². The van der Waals surface area contributed by atoms with Crippen molar-refractivity contribution in [3.05, 3.63) is 0 Å². The van der Waals surface area contributed by atoms with Crippen LogP contribution in [-0.2, 0) is 9.53 Å². The molecule has 1 unspecified atom stereocenters. The lowest BCUT2D eigenvalue weighted by Gasteiger charge is -2.34. The Kier molecular flexibility index (Phi) is 3.50. The number of ether oxygens (including phenoxy) is 1. The fraction of sp³-hybridized carbons (Fsp3) is 0.917. The topological polar surface area (TPSA) is 49.8 Å². The van der Waals surface area contributed by atoms with E-state index in [0.29, 0.717) is 19.5 Å². The summed E-state index contributed by atoms with van der Waals surface area (Å²) in [6.07, 6.45) is 2.95. The first kappa shape index (κ1) is 11.9. The van der Waals surface area contributed by atoms with Gasteiger partial charge in [0.15, 0.2) is 0 Å². The average Bonchev–Trinajstić information content (AvgIpc) is 2.65. The molecule has 2 aliphatic heterocycles. The zero-order chi connectivity index (χ0) is 11.6. The number of aliphatic hydroxyl groups excluding tert-OH is 1. The molecule has 0 radical (unpaired) electrons. The molecule has 0 aromatic carbocycles. The van der Waals surface area contributed by atoms with E-state index < -0.39 is 0 Å². The fourth-order valence-corrected chi connectivity index (χ4v) is 2.49. The van der Waals surface area contributed by atoms with Crippen molar-refractivity contribution in [2.75, 3.05) is 26.3 Å². The number of nitrogens with zero attached hydrogens (tertiary/aromatic N) is 1. The molecule has 2 fully saturated rings. The second kappa shape index (κ2) is 4.72. The van der Waals surface area contributed by atoms with E-state index in [2.05, 4.69) is 6.92 Å². The van der Waals surface area contributed by atoms with Crippen LogP contribution >= 0.6 is 0 Å². The lowest BCUT2D eigenvalue weighted by atomic mass is 9.79. The van der Waals surface area contributed by atoms with Gasteiger partial charge in [0.1, 0.15) is 0 Å². The molecule has 16 heavy (non-hydrogen) atoms. The van der Waals surface area contributed by atoms with Crippen LogP contribution in [0.5, 0.6) is 0 Å². The number of hydrogen-bond donors (Lipinski definition) is 1. The monoisotopic (exact) mass is 227 g/mol. The molecule has 0 aromatic heterocycles. The highest BCUT2D eigenvalue weighted by Gasteiger charge is 2.33. The van der Waals surface area contributed by atoms with Gasteiger partial charge in [-0.25, -0.2) is 0 Å². The summed E-state index contributed by atoms with van der Waals surface area (Å²) in [6.45, 7) is 4.94. The number of β-amino-alcohol motifs (C(OH)–C–C–N with tert-alkyl or cyclic N) is 1. The third-order valence-electron chi connectivity index (χ3n) is 3.79. The van der Waals surface area contributed by atoms with E-state index in [1.165, 1.54) is 0 Å². The number of amides is 1. The Hall–Kier alpha value is -0.610. The smallest absolute Gasteiger partial charge is 0.223 e. The van der Waals surface area contributed by atoms with Crippen LogP contribution in [-0.4, -0.2) is 48.3 Å². The molecular weight excluding hydrogens is 206 g/mol. The Morgan fingerprint density at radius 2 is 2.19 bits per heavy atom.